The maximum absolute atomic E-state index is 14.1. The standard InChI is InChI=1S/C57H62N4O7S2/c58-54-38-12-11-37-46(63)14-13-44-55-61-26-42-41(25-59-45(42)27-61)36-15-18-57(29-60-54,52(38)51(36)37)30-70-69-28-43-35(49(66)24-50(53(43)68-55)67-20-19-56(44)16-3-4-17-56)10-9-33(62)22-47(64)40-21-32-8-7-31-5-1-2-6-34(31)39(32)23-48(40)65/h11-12,15,18,21,24-27,31,34,36,39-40,44,46-48,54-55,59-60,63-66H,1-10,16-17,22-23,28-30,58H2. The van der Waals surface area contributed by atoms with Crippen LogP contribution < -0.4 is 20.5 Å². The van der Waals surface area contributed by atoms with Crippen LogP contribution in [0.5, 0.6) is 17.2 Å². The highest BCUT2D eigenvalue weighted by molar-refractivity contribution is 8.76. The maximum Gasteiger partial charge on any atom is 0.191 e. The number of nitrogens with two attached hydrogens (primary N) is 1. The van der Waals surface area contributed by atoms with Crippen molar-refractivity contribution >= 4 is 38.3 Å². The Morgan fingerprint density at radius 2 is 1.90 bits per heavy atom. The fraction of sp³-hybridized carbons (Fsp3) is 0.526. The Morgan fingerprint density at radius 1 is 1.04 bits per heavy atom. The first-order valence-corrected chi connectivity index (χ1v) is 28.4. The van der Waals surface area contributed by atoms with Crippen LogP contribution in [0.15, 0.2) is 60.6 Å². The molecule has 364 valence electrons. The topological polar surface area (TPSA) is 175 Å². The number of fused-ring (bicyclic) bond motifs is 7. The number of phenols is 1. The molecule has 0 saturated heterocycles. The number of hydrogen-bond acceptors (Lipinski definition) is 11. The van der Waals surface area contributed by atoms with Gasteiger partial charge < -0.3 is 45.2 Å². The number of rotatable bonds is 6. The normalized spacial score (nSPS) is 33.4. The molecular formula is C57H62N4O7S2. The molecule has 2 spiro atoms. The first-order valence-electron chi connectivity index (χ1n) is 25.9. The lowest BCUT2D eigenvalue weighted by Gasteiger charge is -2.47. The van der Waals surface area contributed by atoms with Gasteiger partial charge in [-0.25, -0.2) is 0 Å². The van der Waals surface area contributed by atoms with E-state index in [9.17, 15) is 25.2 Å². The van der Waals surface area contributed by atoms with E-state index in [2.05, 4.69) is 81.6 Å². The largest absolute Gasteiger partial charge is 0.508 e. The number of nitrogens with one attached hydrogen (secondary N) is 2. The summed E-state index contributed by atoms with van der Waals surface area (Å²) < 4.78 is 16.0. The fourth-order valence-corrected chi connectivity index (χ4v) is 17.4. The molecule has 11 nitrogen and oxygen atoms in total. The van der Waals surface area contributed by atoms with Crippen molar-refractivity contribution in [2.45, 2.75) is 138 Å². The molecule has 10 aliphatic rings. The molecule has 5 aliphatic heterocycles. The lowest BCUT2D eigenvalue weighted by molar-refractivity contribution is -0.122. The average molecular weight is 979 g/mol. The van der Waals surface area contributed by atoms with Crippen molar-refractivity contribution in [3.63, 3.8) is 0 Å². The van der Waals surface area contributed by atoms with Crippen LogP contribution in [0, 0.1) is 58.9 Å². The van der Waals surface area contributed by atoms with E-state index in [0.717, 1.165) is 76.7 Å². The number of benzene rings is 2. The van der Waals surface area contributed by atoms with Crippen LogP contribution in [-0.2, 0) is 22.4 Å². The van der Waals surface area contributed by atoms with Gasteiger partial charge in [0.15, 0.2) is 17.7 Å². The smallest absolute Gasteiger partial charge is 0.191 e. The van der Waals surface area contributed by atoms with Gasteiger partial charge in [-0.05, 0) is 90.5 Å². The summed E-state index contributed by atoms with van der Waals surface area (Å²) in [6.45, 7) is 0.604. The van der Waals surface area contributed by atoms with Gasteiger partial charge in [-0.15, -0.1) is 0 Å². The van der Waals surface area contributed by atoms with E-state index < -0.39 is 47.2 Å². The minimum Gasteiger partial charge on any atom is -0.508 e. The van der Waals surface area contributed by atoms with Crippen LogP contribution >= 0.6 is 21.6 Å². The zero-order valence-electron chi connectivity index (χ0n) is 39.4. The summed E-state index contributed by atoms with van der Waals surface area (Å²) >= 11 is 0. The number of ether oxygens (including phenoxy) is 2. The predicted octanol–water partition coefficient (Wildman–Crippen LogP) is 9.00. The number of allylic oxidation sites excluding steroid dienone is 2. The molecule has 2 aromatic heterocycles. The molecule has 12 atom stereocenters. The van der Waals surface area contributed by atoms with Crippen molar-refractivity contribution in [2.24, 2.45) is 40.7 Å². The molecule has 70 heavy (non-hydrogen) atoms. The quantitative estimate of drug-likeness (QED) is 0.0558. The molecule has 0 radical (unpaired) electrons. The van der Waals surface area contributed by atoms with Crippen molar-refractivity contribution in [3.05, 3.63) is 99.5 Å². The number of Topliss-reactive ketones (excluding diaryl/α,β-unsaturated/α-hetero) is 1. The number of carbonyl (C=O) groups excluding carboxylic acids is 1. The van der Waals surface area contributed by atoms with Gasteiger partial charge in [0.2, 0.25) is 0 Å². The first-order chi connectivity index (χ1) is 34.1. The molecule has 5 aliphatic carbocycles. The van der Waals surface area contributed by atoms with Gasteiger partial charge in [0, 0.05) is 89.3 Å². The number of nitrogens with zero attached hydrogens (tertiary/aromatic N) is 1. The van der Waals surface area contributed by atoms with E-state index in [1.165, 1.54) is 37.7 Å². The second kappa shape index (κ2) is 17.6. The molecule has 2 aromatic carbocycles. The number of H-pyrrole nitrogens is 1. The molecule has 3 saturated carbocycles. The molecule has 7 heterocycles. The van der Waals surface area contributed by atoms with E-state index in [-0.39, 0.29) is 42.9 Å². The second-order valence-corrected chi connectivity index (χ2v) is 24.5. The average Bonchev–Trinajstić information content (AvgIpc) is 4.12. The number of aliphatic hydroxyl groups excluding tert-OH is 3. The zero-order valence-corrected chi connectivity index (χ0v) is 41.1. The Bertz CT molecular complexity index is 2980. The lowest BCUT2D eigenvalue weighted by atomic mass is 9.59. The van der Waals surface area contributed by atoms with Crippen LogP contribution in [0.25, 0.3) is 10.9 Å². The minimum atomic E-state index is -1.11. The van der Waals surface area contributed by atoms with Crippen LogP contribution in [0.3, 0.4) is 0 Å². The van der Waals surface area contributed by atoms with Gasteiger partial charge in [0.05, 0.1) is 35.2 Å². The SMILES string of the molecule is NC1NCC23C=CC4c5c(ccc1c52)C(O)C#CC1C(Oc2c(cc(O)c(CCC(=O)CC(O)C5C=C6CCC7CCCCC7C6CC5O)c2CSSC3)OC#CC12CCCC2)n1cc2[nH]cc4c2c1. The summed E-state index contributed by atoms with van der Waals surface area (Å²) in [6.07, 6.45) is 23.8. The van der Waals surface area contributed by atoms with Crippen LogP contribution in [0.4, 0.5) is 0 Å². The molecule has 0 amide bonds. The number of aliphatic hydroxyl groups is 3. The van der Waals surface area contributed by atoms with Gasteiger partial charge in [0.1, 0.15) is 23.7 Å². The monoisotopic (exact) mass is 978 g/mol. The van der Waals surface area contributed by atoms with Gasteiger partial charge >= 0.3 is 0 Å². The van der Waals surface area contributed by atoms with E-state index >= 15 is 0 Å². The maximum atomic E-state index is 14.1. The zero-order chi connectivity index (χ0) is 47.5. The van der Waals surface area contributed by atoms with Gasteiger partial charge in [-0.2, -0.15) is 0 Å². The second-order valence-electron chi connectivity index (χ2n) is 22.0. The third-order valence-corrected chi connectivity index (χ3v) is 20.7. The van der Waals surface area contributed by atoms with E-state index in [0.29, 0.717) is 58.9 Å². The number of aromatic amines is 1. The molecule has 14 rings (SSSR count). The number of carbonyl (C=O) groups is 1. The van der Waals surface area contributed by atoms with Crippen LogP contribution in [-0.4, -0.2) is 60.3 Å². The van der Waals surface area contributed by atoms with Crippen molar-refractivity contribution in [1.29, 1.82) is 0 Å². The number of ketones is 1. The summed E-state index contributed by atoms with van der Waals surface area (Å²) in [5, 5.41) is 52.3. The van der Waals surface area contributed by atoms with Crippen molar-refractivity contribution in [1.82, 2.24) is 14.9 Å². The number of hydrogen-bond donors (Lipinski definition) is 7. The van der Waals surface area contributed by atoms with Crippen molar-refractivity contribution in [3.8, 4) is 41.1 Å². The lowest BCUT2D eigenvalue weighted by Crippen LogP contribution is -2.50. The van der Waals surface area contributed by atoms with Crippen LogP contribution in [0.1, 0.15) is 147 Å². The Morgan fingerprint density at radius 3 is 2.79 bits per heavy atom. The van der Waals surface area contributed by atoms with Crippen molar-refractivity contribution in [2.75, 3.05) is 12.3 Å². The third-order valence-electron chi connectivity index (χ3n) is 18.3. The summed E-state index contributed by atoms with van der Waals surface area (Å²) in [6, 6.07) is 5.66. The summed E-state index contributed by atoms with van der Waals surface area (Å²) in [4.78, 5) is 17.7. The predicted molar refractivity (Wildman–Crippen MR) is 272 cm³/mol. The summed E-state index contributed by atoms with van der Waals surface area (Å²) in [5.74, 6) is 12.8. The van der Waals surface area contributed by atoms with Gasteiger partial charge in [0.25, 0.3) is 0 Å². The molecule has 10 bridgehead atoms. The van der Waals surface area contributed by atoms with Crippen molar-refractivity contribution < 1.29 is 34.7 Å². The molecular weight excluding hydrogens is 917 g/mol. The minimum absolute atomic E-state index is 0.0140. The highest BCUT2D eigenvalue weighted by Gasteiger charge is 2.49. The third kappa shape index (κ3) is 7.35. The van der Waals surface area contributed by atoms with E-state index in [1.54, 1.807) is 27.7 Å². The Kier molecular flexibility index (Phi) is 11.4. The highest BCUT2D eigenvalue weighted by atomic mass is 33.1. The van der Waals surface area contributed by atoms with E-state index in [4.69, 9.17) is 15.2 Å². The summed E-state index contributed by atoms with van der Waals surface area (Å²) in [7, 11) is 3.39. The molecule has 3 fully saturated rings. The highest BCUT2D eigenvalue weighted by Crippen LogP contribution is 2.56. The van der Waals surface area contributed by atoms with Gasteiger partial charge in [-0.3, -0.25) is 10.1 Å². The number of phenolic OH excluding ortho intramolecular Hbond substituents is 1. The Hall–Kier alpha value is -4.57. The number of aromatic hydroxyl groups is 1. The summed E-state index contributed by atoms with van der Waals surface area (Å²) in [5.41, 5.74) is 14.5. The van der Waals surface area contributed by atoms with Gasteiger partial charge in [-0.1, -0.05) is 107 Å². The Labute approximate surface area is 417 Å². The van der Waals surface area contributed by atoms with Crippen LogP contribution in [0.2, 0.25) is 0 Å². The molecule has 12 unspecified atom stereocenters. The molecule has 4 aromatic rings. The fourth-order valence-electron chi connectivity index (χ4n) is 14.7. The number of aromatic nitrogens is 2. The Balaban J connectivity index is 0.900. The molecule has 8 N–H and O–H groups in total. The van der Waals surface area contributed by atoms with E-state index in [1.807, 2.05) is 6.07 Å². The molecule has 13 heteroatoms. The first kappa shape index (κ1) is 45.3.